The van der Waals surface area contributed by atoms with Crippen LogP contribution < -0.4 is 0 Å². The fourth-order valence-corrected chi connectivity index (χ4v) is 14.1. The first-order chi connectivity index (χ1) is 34.1. The Hall–Kier alpha value is -2.24. The van der Waals surface area contributed by atoms with Crippen LogP contribution in [-0.2, 0) is 0 Å². The second-order valence-corrected chi connectivity index (χ2v) is 25.3. The Kier molecular flexibility index (Phi) is 29.9. The monoisotopic (exact) mass is 1010 g/mol. The average Bonchev–Trinajstić information content (AvgIpc) is 3.38. The van der Waals surface area contributed by atoms with Gasteiger partial charge in [0.1, 0.15) is 17.2 Å². The van der Waals surface area contributed by atoms with Crippen molar-refractivity contribution in [2.24, 2.45) is 53.3 Å². The lowest BCUT2D eigenvalue weighted by Crippen LogP contribution is -2.14. The number of phenolic OH excluding ortho intramolecular Hbond substituents is 3. The normalized spacial score (nSPS) is 17.2. The third-order valence-corrected chi connectivity index (χ3v) is 20.1. The van der Waals surface area contributed by atoms with Crippen molar-refractivity contribution in [1.82, 2.24) is 0 Å². The van der Waals surface area contributed by atoms with Crippen LogP contribution in [0.25, 0.3) is 0 Å². The summed E-state index contributed by atoms with van der Waals surface area (Å²) in [6.07, 6.45) is 25.4. The van der Waals surface area contributed by atoms with Gasteiger partial charge in [-0.3, -0.25) is 0 Å². The van der Waals surface area contributed by atoms with Gasteiger partial charge in [0.25, 0.3) is 0 Å². The second-order valence-electron chi connectivity index (χ2n) is 23.1. The van der Waals surface area contributed by atoms with Crippen molar-refractivity contribution in [3.05, 3.63) is 65.2 Å². The SMILES string of the molecule is CCC(C)CC(CC)CC(CC)CC(CC)c1ccc(O)c(Sc2cc(C(CC)CC(CC)CC(CC)CC(C)CC)cc(Sc3cc(C(CC)CC(CC)CC(CC)CC(C)CC)ccc3O)c2O)c1. The molecule has 0 saturated carbocycles. The number of hydrogen-bond donors (Lipinski definition) is 3. The van der Waals surface area contributed by atoms with Crippen LogP contribution in [0.5, 0.6) is 17.2 Å². The summed E-state index contributed by atoms with van der Waals surface area (Å²) in [5, 5.41) is 35.7. The third-order valence-electron chi connectivity index (χ3n) is 18.0. The Morgan fingerprint density at radius 3 is 0.845 bits per heavy atom. The van der Waals surface area contributed by atoms with Gasteiger partial charge in [0.05, 0.1) is 19.6 Å². The van der Waals surface area contributed by atoms with Crippen LogP contribution in [0.1, 0.15) is 273 Å². The molecule has 3 nitrogen and oxygen atoms in total. The Balaban J connectivity index is 2.11. The molecule has 0 aliphatic carbocycles. The molecule has 0 saturated heterocycles. The van der Waals surface area contributed by atoms with Crippen LogP contribution in [-0.4, -0.2) is 15.3 Å². The van der Waals surface area contributed by atoms with Crippen LogP contribution in [0.2, 0.25) is 0 Å². The molecule has 3 aromatic rings. The predicted molar refractivity (Wildman–Crippen MR) is 314 cm³/mol. The third kappa shape index (κ3) is 20.4. The minimum Gasteiger partial charge on any atom is -0.507 e. The van der Waals surface area contributed by atoms with E-state index >= 15 is 0 Å². The predicted octanol–water partition coefficient (Wildman–Crippen LogP) is 22.4. The Bertz CT molecular complexity index is 1790. The summed E-state index contributed by atoms with van der Waals surface area (Å²) in [7, 11) is 0. The molecule has 3 N–H and O–H groups in total. The van der Waals surface area contributed by atoms with E-state index in [1.165, 1.54) is 137 Å². The largest absolute Gasteiger partial charge is 0.507 e. The molecular weight excluding hydrogens is 905 g/mol. The molecule has 0 aromatic heterocycles. The van der Waals surface area contributed by atoms with Crippen molar-refractivity contribution in [3.8, 4) is 17.2 Å². The zero-order valence-electron chi connectivity index (χ0n) is 48.6. The summed E-state index contributed by atoms with van der Waals surface area (Å²) in [6, 6.07) is 17.0. The maximum atomic E-state index is 12.5. The van der Waals surface area contributed by atoms with Crippen molar-refractivity contribution in [1.29, 1.82) is 0 Å². The maximum Gasteiger partial charge on any atom is 0.143 e. The minimum absolute atomic E-state index is 0.231. The van der Waals surface area contributed by atoms with Gasteiger partial charge in [-0.2, -0.15) is 0 Å². The molecule has 0 fully saturated rings. The standard InChI is InChI=1S/C66H110O3S2/c1-16-45(13)32-48(19-4)35-51(22-7)38-54(25-10)57-28-30-60(67)62(41-57)70-64-43-59(56(27-12)40-53(24-9)37-50(21-6)34-47(15)18-3)44-65(66(64)69)71-63-42-58(29-31-61(63)68)55(26-11)39-52(23-8)36-49(20-5)33-46(14)17-2/h28-31,41-56,67-69H,16-27,32-40H2,1-15H3. The zero-order chi connectivity index (χ0) is 52.6. The van der Waals surface area contributed by atoms with Crippen molar-refractivity contribution >= 4 is 23.5 Å². The second kappa shape index (κ2) is 33.6. The van der Waals surface area contributed by atoms with E-state index in [4.69, 9.17) is 0 Å². The summed E-state index contributed by atoms with van der Waals surface area (Å²) in [5.41, 5.74) is 3.81. The molecule has 71 heavy (non-hydrogen) atoms. The molecule has 0 amide bonds. The first-order valence-electron chi connectivity index (χ1n) is 29.9. The van der Waals surface area contributed by atoms with E-state index in [9.17, 15) is 15.3 Å². The molecule has 0 aliphatic heterocycles. The van der Waals surface area contributed by atoms with Crippen molar-refractivity contribution in [2.75, 3.05) is 0 Å². The molecule has 0 radical (unpaired) electrons. The van der Waals surface area contributed by atoms with E-state index in [2.05, 4.69) is 140 Å². The maximum absolute atomic E-state index is 12.5. The van der Waals surface area contributed by atoms with Crippen LogP contribution in [0.15, 0.2) is 68.1 Å². The Morgan fingerprint density at radius 2 is 0.577 bits per heavy atom. The fourth-order valence-electron chi connectivity index (χ4n) is 12.0. The van der Waals surface area contributed by atoms with Crippen molar-refractivity contribution in [2.45, 2.75) is 276 Å². The molecule has 5 heteroatoms. The van der Waals surface area contributed by atoms with E-state index in [1.54, 1.807) is 0 Å². The molecule has 3 aromatic carbocycles. The smallest absolute Gasteiger partial charge is 0.143 e. The van der Waals surface area contributed by atoms with E-state index in [1.807, 2.05) is 12.1 Å². The van der Waals surface area contributed by atoms with Gasteiger partial charge in [-0.05, 0) is 201 Å². The van der Waals surface area contributed by atoms with Gasteiger partial charge >= 0.3 is 0 Å². The molecule has 404 valence electrons. The van der Waals surface area contributed by atoms with E-state index in [0.717, 1.165) is 93.6 Å². The first kappa shape index (κ1) is 63.1. The Morgan fingerprint density at radius 1 is 0.310 bits per heavy atom. The highest BCUT2D eigenvalue weighted by Gasteiger charge is 2.27. The van der Waals surface area contributed by atoms with Gasteiger partial charge < -0.3 is 15.3 Å². The fraction of sp³-hybridized carbons (Fsp3) is 0.727. The molecule has 12 unspecified atom stereocenters. The van der Waals surface area contributed by atoms with E-state index < -0.39 is 0 Å². The number of hydrogen-bond acceptors (Lipinski definition) is 5. The van der Waals surface area contributed by atoms with Gasteiger partial charge in [0.2, 0.25) is 0 Å². The lowest BCUT2D eigenvalue weighted by molar-refractivity contribution is 0.275. The van der Waals surface area contributed by atoms with Gasteiger partial charge in [-0.1, -0.05) is 197 Å². The highest BCUT2D eigenvalue weighted by molar-refractivity contribution is 8.00. The van der Waals surface area contributed by atoms with Gasteiger partial charge in [-0.15, -0.1) is 0 Å². The summed E-state index contributed by atoms with van der Waals surface area (Å²) in [5.74, 6) is 8.43. The molecule has 0 bridgehead atoms. The van der Waals surface area contributed by atoms with Gasteiger partial charge in [-0.25, -0.2) is 0 Å². The Labute approximate surface area is 448 Å². The zero-order valence-corrected chi connectivity index (χ0v) is 50.2. The lowest BCUT2D eigenvalue weighted by atomic mass is 9.78. The quantitative estimate of drug-likeness (QED) is 0.0537. The first-order valence-corrected chi connectivity index (χ1v) is 31.6. The van der Waals surface area contributed by atoms with Gasteiger partial charge in [0.15, 0.2) is 0 Å². The summed E-state index contributed by atoms with van der Waals surface area (Å²) in [6.45, 7) is 35.4. The lowest BCUT2D eigenvalue weighted by Gasteiger charge is -2.28. The molecule has 12 atom stereocenters. The van der Waals surface area contributed by atoms with Crippen LogP contribution in [0, 0.1) is 53.3 Å². The number of phenols is 3. The molecule has 3 rings (SSSR count). The number of aromatic hydroxyl groups is 3. The number of benzene rings is 3. The topological polar surface area (TPSA) is 60.7 Å². The van der Waals surface area contributed by atoms with Crippen molar-refractivity contribution < 1.29 is 15.3 Å². The summed E-state index contributed by atoms with van der Waals surface area (Å²) < 4.78 is 0. The van der Waals surface area contributed by atoms with Gasteiger partial charge in [0, 0.05) is 0 Å². The average molecular weight is 1020 g/mol. The highest BCUT2D eigenvalue weighted by Crippen LogP contribution is 2.50. The van der Waals surface area contributed by atoms with E-state index in [-0.39, 0.29) is 17.2 Å². The van der Waals surface area contributed by atoms with Crippen LogP contribution in [0.4, 0.5) is 0 Å². The highest BCUT2D eigenvalue weighted by atomic mass is 32.2. The molecule has 0 spiro atoms. The number of rotatable bonds is 37. The summed E-state index contributed by atoms with van der Waals surface area (Å²) in [4.78, 5) is 3.15. The summed E-state index contributed by atoms with van der Waals surface area (Å²) >= 11 is 3.01. The molecule has 0 aliphatic rings. The van der Waals surface area contributed by atoms with E-state index in [0.29, 0.717) is 35.5 Å². The minimum atomic E-state index is 0.231. The molecular formula is C66H110O3S2. The van der Waals surface area contributed by atoms with Crippen molar-refractivity contribution in [3.63, 3.8) is 0 Å². The van der Waals surface area contributed by atoms with Crippen LogP contribution >= 0.6 is 23.5 Å². The van der Waals surface area contributed by atoms with Crippen LogP contribution in [0.3, 0.4) is 0 Å². The molecule has 0 heterocycles.